The predicted molar refractivity (Wildman–Crippen MR) is 76.0 cm³/mol. The molecule has 0 saturated heterocycles. The molecule has 1 heterocycles. The van der Waals surface area contributed by atoms with Gasteiger partial charge in [-0.25, -0.2) is 0 Å². The van der Waals surface area contributed by atoms with Crippen LogP contribution in [-0.2, 0) is 6.54 Å². The van der Waals surface area contributed by atoms with Crippen LogP contribution in [-0.4, -0.2) is 16.3 Å². The van der Waals surface area contributed by atoms with Crippen LogP contribution < -0.4 is 10.1 Å². The van der Waals surface area contributed by atoms with Gasteiger partial charge in [0.25, 0.3) is 0 Å². The molecule has 0 aliphatic rings. The van der Waals surface area contributed by atoms with Gasteiger partial charge in [0.1, 0.15) is 5.75 Å². The van der Waals surface area contributed by atoms with Crippen molar-refractivity contribution in [1.29, 1.82) is 0 Å². The number of nitrogens with zero attached hydrogens (tertiary/aromatic N) is 1. The summed E-state index contributed by atoms with van der Waals surface area (Å²) in [7, 11) is 0. The van der Waals surface area contributed by atoms with E-state index in [9.17, 15) is 0 Å². The smallest absolute Gasteiger partial charge is 0.119 e. The number of ether oxygens (including phenoxy) is 1. The molecule has 19 heavy (non-hydrogen) atoms. The van der Waals surface area contributed by atoms with Gasteiger partial charge in [0, 0.05) is 24.3 Å². The molecule has 0 saturated carbocycles. The molecule has 0 fully saturated rings. The Morgan fingerprint density at radius 3 is 2.53 bits per heavy atom. The van der Waals surface area contributed by atoms with Gasteiger partial charge in [-0.1, -0.05) is 12.1 Å². The third-order valence-corrected chi connectivity index (χ3v) is 2.92. The summed E-state index contributed by atoms with van der Waals surface area (Å²) in [5.41, 5.74) is 2.41. The highest BCUT2D eigenvalue weighted by molar-refractivity contribution is 5.29. The topological polar surface area (TPSA) is 49.9 Å². The standard InChI is InChI=1S/C15H21N3O/c1-11(2)19-15-6-4-14(5-7-15)12(3)16-8-13-9-17-18-10-13/h4-7,9-12,16H,8H2,1-3H3,(H,17,18). The Kier molecular flexibility index (Phi) is 4.58. The second kappa shape index (κ2) is 6.38. The third-order valence-electron chi connectivity index (χ3n) is 2.92. The van der Waals surface area contributed by atoms with Crippen LogP contribution in [0.1, 0.15) is 37.9 Å². The Morgan fingerprint density at radius 2 is 1.95 bits per heavy atom. The summed E-state index contributed by atoms with van der Waals surface area (Å²) in [6, 6.07) is 8.54. The fourth-order valence-electron chi connectivity index (χ4n) is 1.87. The molecule has 0 spiro atoms. The second-order valence-corrected chi connectivity index (χ2v) is 4.94. The largest absolute Gasteiger partial charge is 0.491 e. The van der Waals surface area contributed by atoms with E-state index in [1.165, 1.54) is 5.56 Å². The zero-order valence-electron chi connectivity index (χ0n) is 11.7. The second-order valence-electron chi connectivity index (χ2n) is 4.94. The van der Waals surface area contributed by atoms with E-state index in [2.05, 4.69) is 34.6 Å². The van der Waals surface area contributed by atoms with Crippen LogP contribution in [0.15, 0.2) is 36.7 Å². The fourth-order valence-corrected chi connectivity index (χ4v) is 1.87. The Labute approximate surface area is 114 Å². The first-order valence-electron chi connectivity index (χ1n) is 6.63. The molecular weight excluding hydrogens is 238 g/mol. The molecule has 4 heteroatoms. The molecule has 0 aliphatic carbocycles. The van der Waals surface area contributed by atoms with E-state index in [0.717, 1.165) is 17.9 Å². The minimum atomic E-state index is 0.211. The van der Waals surface area contributed by atoms with Crippen molar-refractivity contribution in [2.75, 3.05) is 0 Å². The molecule has 2 rings (SSSR count). The number of aromatic amines is 1. The lowest BCUT2D eigenvalue weighted by Crippen LogP contribution is -2.17. The minimum Gasteiger partial charge on any atom is -0.491 e. The third kappa shape index (κ3) is 4.10. The van der Waals surface area contributed by atoms with E-state index in [1.54, 1.807) is 0 Å². The number of rotatable bonds is 6. The van der Waals surface area contributed by atoms with Crippen LogP contribution in [0.25, 0.3) is 0 Å². The van der Waals surface area contributed by atoms with Crippen molar-refractivity contribution in [2.24, 2.45) is 0 Å². The lowest BCUT2D eigenvalue weighted by atomic mass is 10.1. The van der Waals surface area contributed by atoms with Crippen molar-refractivity contribution in [3.8, 4) is 5.75 Å². The van der Waals surface area contributed by atoms with Crippen LogP contribution >= 0.6 is 0 Å². The maximum atomic E-state index is 5.63. The van der Waals surface area contributed by atoms with Gasteiger partial charge < -0.3 is 10.1 Å². The lowest BCUT2D eigenvalue weighted by molar-refractivity contribution is 0.242. The first kappa shape index (κ1) is 13.6. The summed E-state index contributed by atoms with van der Waals surface area (Å²) in [6.07, 6.45) is 3.95. The molecule has 0 radical (unpaired) electrons. The first-order valence-corrected chi connectivity index (χ1v) is 6.63. The van der Waals surface area contributed by atoms with E-state index in [4.69, 9.17) is 4.74 Å². The molecule has 1 atom stereocenters. The molecule has 2 aromatic rings. The van der Waals surface area contributed by atoms with Crippen molar-refractivity contribution in [3.05, 3.63) is 47.8 Å². The quantitative estimate of drug-likeness (QED) is 0.838. The van der Waals surface area contributed by atoms with Gasteiger partial charge in [-0.15, -0.1) is 0 Å². The summed E-state index contributed by atoms with van der Waals surface area (Å²) in [4.78, 5) is 0. The Morgan fingerprint density at radius 1 is 1.21 bits per heavy atom. The number of benzene rings is 1. The fraction of sp³-hybridized carbons (Fsp3) is 0.400. The number of aromatic nitrogens is 2. The zero-order valence-corrected chi connectivity index (χ0v) is 11.7. The lowest BCUT2D eigenvalue weighted by Gasteiger charge is -2.15. The number of hydrogen-bond acceptors (Lipinski definition) is 3. The van der Waals surface area contributed by atoms with Crippen molar-refractivity contribution >= 4 is 0 Å². The average Bonchev–Trinajstić information content (AvgIpc) is 2.89. The highest BCUT2D eigenvalue weighted by atomic mass is 16.5. The van der Waals surface area contributed by atoms with Crippen LogP contribution in [0.2, 0.25) is 0 Å². The van der Waals surface area contributed by atoms with Gasteiger partial charge >= 0.3 is 0 Å². The van der Waals surface area contributed by atoms with Crippen molar-refractivity contribution < 1.29 is 4.74 Å². The van der Waals surface area contributed by atoms with Crippen LogP contribution in [0.5, 0.6) is 5.75 Å². The average molecular weight is 259 g/mol. The van der Waals surface area contributed by atoms with Gasteiger partial charge in [-0.2, -0.15) is 5.10 Å². The summed E-state index contributed by atoms with van der Waals surface area (Å²) in [5, 5.41) is 10.2. The zero-order chi connectivity index (χ0) is 13.7. The molecular formula is C15H21N3O. The van der Waals surface area contributed by atoms with Crippen molar-refractivity contribution in [1.82, 2.24) is 15.5 Å². The van der Waals surface area contributed by atoms with E-state index >= 15 is 0 Å². The minimum absolute atomic E-state index is 0.211. The van der Waals surface area contributed by atoms with Crippen molar-refractivity contribution in [3.63, 3.8) is 0 Å². The van der Waals surface area contributed by atoms with Gasteiger partial charge in [-0.3, -0.25) is 5.10 Å². The highest BCUT2D eigenvalue weighted by Crippen LogP contribution is 2.18. The SMILES string of the molecule is CC(C)Oc1ccc(C(C)NCc2cn[nH]c2)cc1. The van der Waals surface area contributed by atoms with Gasteiger partial charge in [0.15, 0.2) is 0 Å². The van der Waals surface area contributed by atoms with Crippen molar-refractivity contribution in [2.45, 2.75) is 39.5 Å². The Balaban J connectivity index is 1.90. The predicted octanol–water partition coefficient (Wildman–Crippen LogP) is 3.05. The summed E-state index contributed by atoms with van der Waals surface area (Å²) < 4.78 is 5.63. The molecule has 1 unspecified atom stereocenters. The van der Waals surface area contributed by atoms with Crippen LogP contribution in [0.3, 0.4) is 0 Å². The number of hydrogen-bond donors (Lipinski definition) is 2. The van der Waals surface area contributed by atoms with E-state index in [-0.39, 0.29) is 6.10 Å². The Bertz CT molecular complexity index is 477. The van der Waals surface area contributed by atoms with E-state index in [1.807, 2.05) is 38.4 Å². The van der Waals surface area contributed by atoms with Gasteiger partial charge in [0.2, 0.25) is 0 Å². The molecule has 102 valence electrons. The number of H-pyrrole nitrogens is 1. The molecule has 1 aromatic carbocycles. The van der Waals surface area contributed by atoms with Gasteiger partial charge in [-0.05, 0) is 38.5 Å². The summed E-state index contributed by atoms with van der Waals surface area (Å²) in [5.74, 6) is 0.917. The summed E-state index contributed by atoms with van der Waals surface area (Å²) >= 11 is 0. The molecule has 1 aromatic heterocycles. The van der Waals surface area contributed by atoms with E-state index in [0.29, 0.717) is 6.04 Å². The normalized spacial score (nSPS) is 12.6. The maximum Gasteiger partial charge on any atom is 0.119 e. The van der Waals surface area contributed by atoms with Crippen LogP contribution in [0, 0.1) is 0 Å². The summed E-state index contributed by atoms with van der Waals surface area (Å²) in [6.45, 7) is 7.02. The van der Waals surface area contributed by atoms with Crippen LogP contribution in [0.4, 0.5) is 0 Å². The van der Waals surface area contributed by atoms with Gasteiger partial charge in [0.05, 0.1) is 12.3 Å². The number of nitrogens with one attached hydrogen (secondary N) is 2. The molecule has 4 nitrogen and oxygen atoms in total. The monoisotopic (exact) mass is 259 g/mol. The van der Waals surface area contributed by atoms with E-state index < -0.39 is 0 Å². The Hall–Kier alpha value is -1.81. The molecule has 2 N–H and O–H groups in total. The maximum absolute atomic E-state index is 5.63. The molecule has 0 amide bonds. The molecule has 0 bridgehead atoms. The first-order chi connectivity index (χ1) is 9.15. The highest BCUT2D eigenvalue weighted by Gasteiger charge is 2.06. The molecule has 0 aliphatic heterocycles.